The Kier molecular flexibility index (Phi) is 13.5. The Hall–Kier alpha value is -6.19. The molecule has 0 fully saturated rings. The molecule has 0 aliphatic heterocycles. The van der Waals surface area contributed by atoms with E-state index in [0.29, 0.717) is 21.8 Å². The van der Waals surface area contributed by atoms with E-state index in [1.807, 2.05) is 68.4 Å². The van der Waals surface area contributed by atoms with Crippen LogP contribution in [0.25, 0.3) is 21.1 Å². The second-order valence-corrected chi connectivity index (χ2v) is 14.2. The molecule has 2 heterocycles. The molecular formula is C41H35F3N4O6S2. The predicted octanol–water partition coefficient (Wildman–Crippen LogP) is 9.15. The third-order valence-electron chi connectivity index (χ3n) is 8.44. The first-order valence-electron chi connectivity index (χ1n) is 17.0. The molecule has 0 aliphatic carbocycles. The molecule has 0 unspecified atom stereocenters. The molecule has 10 nitrogen and oxygen atoms in total. The summed E-state index contributed by atoms with van der Waals surface area (Å²) in [4.78, 5) is 56.3. The zero-order valence-electron chi connectivity index (χ0n) is 29.9. The van der Waals surface area contributed by atoms with Crippen molar-refractivity contribution in [3.05, 3.63) is 153 Å². The molecule has 0 spiro atoms. The van der Waals surface area contributed by atoms with Crippen LogP contribution in [0.1, 0.15) is 73.7 Å². The topological polar surface area (TPSA) is 159 Å². The number of rotatable bonds is 12. The van der Waals surface area contributed by atoms with Gasteiger partial charge in [0.1, 0.15) is 21.4 Å². The number of aliphatic carboxylic acids is 2. The highest BCUT2D eigenvalue weighted by molar-refractivity contribution is 7.13. The van der Waals surface area contributed by atoms with E-state index in [9.17, 15) is 37.5 Å². The fourth-order valence-corrected chi connectivity index (χ4v) is 7.29. The number of nitrogens with zero attached hydrogens (tertiary/aromatic N) is 2. The lowest BCUT2D eigenvalue weighted by Crippen LogP contribution is -2.30. The first kappa shape index (κ1) is 41.0. The molecule has 0 radical (unpaired) electrons. The molecule has 0 bridgehead atoms. The van der Waals surface area contributed by atoms with Gasteiger partial charge in [0.05, 0.1) is 30.5 Å². The molecule has 0 saturated heterocycles. The van der Waals surface area contributed by atoms with Gasteiger partial charge < -0.3 is 20.8 Å². The molecule has 4 N–H and O–H groups in total. The minimum absolute atomic E-state index is 0.0684. The van der Waals surface area contributed by atoms with Crippen LogP contribution >= 0.6 is 22.7 Å². The molecule has 56 heavy (non-hydrogen) atoms. The van der Waals surface area contributed by atoms with Crippen LogP contribution in [0, 0.1) is 13.8 Å². The fourth-order valence-electron chi connectivity index (χ4n) is 5.59. The summed E-state index contributed by atoms with van der Waals surface area (Å²) >= 11 is 2.51. The maximum Gasteiger partial charge on any atom is 0.416 e. The van der Waals surface area contributed by atoms with Crippen molar-refractivity contribution in [2.45, 2.75) is 44.9 Å². The molecule has 6 rings (SSSR count). The molecule has 0 saturated carbocycles. The zero-order chi connectivity index (χ0) is 40.4. The summed E-state index contributed by atoms with van der Waals surface area (Å²) in [5, 5.41) is 28.2. The van der Waals surface area contributed by atoms with E-state index >= 15 is 0 Å². The lowest BCUT2D eigenvalue weighted by molar-refractivity contribution is -0.138. The number of carbonyl (C=O) groups is 4. The van der Waals surface area contributed by atoms with Crippen molar-refractivity contribution >= 4 is 46.4 Å². The van der Waals surface area contributed by atoms with Crippen molar-refractivity contribution in [1.29, 1.82) is 0 Å². The Balaban J connectivity index is 0.000000216. The van der Waals surface area contributed by atoms with Crippen molar-refractivity contribution in [2.75, 3.05) is 0 Å². The number of hydrogen-bond acceptors (Lipinski definition) is 8. The molecule has 4 aromatic carbocycles. The van der Waals surface area contributed by atoms with E-state index in [1.54, 1.807) is 29.6 Å². The summed E-state index contributed by atoms with van der Waals surface area (Å²) < 4.78 is 38.1. The smallest absolute Gasteiger partial charge is 0.416 e. The second-order valence-electron chi connectivity index (χ2n) is 12.5. The SMILES string of the molecule is Cc1ccccc1-c1nc(C(=O)N[C@@H](CC(=O)O)c2ccccc2)cs1.Cc1ccccc1[C@H](CC(=O)O)NC(=O)c1csc(-c2ccc(C(F)(F)F)cc2)n1. The molecule has 2 atom stereocenters. The third-order valence-corrected chi connectivity index (χ3v) is 10.2. The number of halogens is 3. The van der Waals surface area contributed by atoms with E-state index < -0.39 is 41.7 Å². The first-order valence-corrected chi connectivity index (χ1v) is 18.8. The van der Waals surface area contributed by atoms with Gasteiger partial charge in [0, 0.05) is 21.9 Å². The van der Waals surface area contributed by atoms with Gasteiger partial charge in [0.25, 0.3) is 11.8 Å². The maximum atomic E-state index is 12.7. The Morgan fingerprint density at radius 3 is 1.71 bits per heavy atom. The van der Waals surface area contributed by atoms with Gasteiger partial charge in [-0.15, -0.1) is 22.7 Å². The lowest BCUT2D eigenvalue weighted by Gasteiger charge is -2.18. The zero-order valence-corrected chi connectivity index (χ0v) is 31.5. The molecule has 15 heteroatoms. The summed E-state index contributed by atoms with van der Waals surface area (Å²) in [6.07, 6.45) is -4.92. The average molecular weight is 801 g/mol. The number of benzene rings is 4. The van der Waals surface area contributed by atoms with Gasteiger partial charge in [-0.3, -0.25) is 19.2 Å². The summed E-state index contributed by atoms with van der Waals surface area (Å²) in [7, 11) is 0. The van der Waals surface area contributed by atoms with Gasteiger partial charge in [-0.05, 0) is 48.2 Å². The van der Waals surface area contributed by atoms with Crippen LogP contribution in [0.5, 0.6) is 0 Å². The Labute approximate surface area is 327 Å². The van der Waals surface area contributed by atoms with Crippen molar-refractivity contribution in [3.63, 3.8) is 0 Å². The molecular weight excluding hydrogens is 766 g/mol. The minimum atomic E-state index is -4.43. The number of hydrogen-bond donors (Lipinski definition) is 4. The maximum absolute atomic E-state index is 12.7. The molecule has 2 amide bonds. The number of carbonyl (C=O) groups excluding carboxylic acids is 2. The number of amides is 2. The quantitative estimate of drug-likeness (QED) is 0.0954. The first-order chi connectivity index (χ1) is 26.7. The highest BCUT2D eigenvalue weighted by Gasteiger charge is 2.30. The highest BCUT2D eigenvalue weighted by atomic mass is 32.1. The Morgan fingerprint density at radius 1 is 0.643 bits per heavy atom. The van der Waals surface area contributed by atoms with Crippen LogP contribution < -0.4 is 10.6 Å². The van der Waals surface area contributed by atoms with Crippen molar-refractivity contribution < 1.29 is 42.6 Å². The van der Waals surface area contributed by atoms with Gasteiger partial charge in [-0.2, -0.15) is 13.2 Å². The summed E-state index contributed by atoms with van der Waals surface area (Å²) in [6, 6.07) is 27.2. The van der Waals surface area contributed by atoms with E-state index in [-0.39, 0.29) is 24.4 Å². The predicted molar refractivity (Wildman–Crippen MR) is 207 cm³/mol. The molecule has 6 aromatic rings. The Bertz CT molecular complexity index is 2310. The number of carboxylic acids is 2. The van der Waals surface area contributed by atoms with Crippen LogP contribution in [0.4, 0.5) is 13.2 Å². The van der Waals surface area contributed by atoms with Gasteiger partial charge in [0.15, 0.2) is 0 Å². The second kappa shape index (κ2) is 18.4. The fraction of sp³-hybridized carbons (Fsp3) is 0.171. The highest BCUT2D eigenvalue weighted by Crippen LogP contribution is 2.32. The number of carboxylic acid groups (broad SMARTS) is 2. The average Bonchev–Trinajstić information content (AvgIpc) is 3.86. The number of alkyl halides is 3. The number of nitrogens with one attached hydrogen (secondary N) is 2. The van der Waals surface area contributed by atoms with Crippen LogP contribution in [-0.2, 0) is 15.8 Å². The molecule has 2 aromatic heterocycles. The third kappa shape index (κ3) is 11.0. The van der Waals surface area contributed by atoms with Crippen molar-refractivity contribution in [3.8, 4) is 21.1 Å². The normalized spacial score (nSPS) is 12.1. The summed E-state index contributed by atoms with van der Waals surface area (Å²) in [5.41, 5.74) is 4.39. The Morgan fingerprint density at radius 2 is 1.14 bits per heavy atom. The largest absolute Gasteiger partial charge is 0.481 e. The van der Waals surface area contributed by atoms with Gasteiger partial charge in [-0.25, -0.2) is 9.97 Å². The molecule has 0 aliphatic rings. The van der Waals surface area contributed by atoms with E-state index in [1.165, 1.54) is 28.8 Å². The van der Waals surface area contributed by atoms with Crippen LogP contribution in [0.2, 0.25) is 0 Å². The number of aromatic nitrogens is 2. The molecule has 288 valence electrons. The monoisotopic (exact) mass is 800 g/mol. The summed E-state index contributed by atoms with van der Waals surface area (Å²) in [6.45, 7) is 3.82. The summed E-state index contributed by atoms with van der Waals surface area (Å²) in [5.74, 6) is -2.97. The van der Waals surface area contributed by atoms with E-state index in [0.717, 1.165) is 50.7 Å². The van der Waals surface area contributed by atoms with Crippen LogP contribution in [-0.4, -0.2) is 43.9 Å². The van der Waals surface area contributed by atoms with Crippen LogP contribution in [0.15, 0.2) is 114 Å². The van der Waals surface area contributed by atoms with Gasteiger partial charge in [-0.1, -0.05) is 91.0 Å². The number of thiazole rings is 2. The van der Waals surface area contributed by atoms with Crippen molar-refractivity contribution in [2.24, 2.45) is 0 Å². The van der Waals surface area contributed by atoms with Crippen molar-refractivity contribution in [1.82, 2.24) is 20.6 Å². The van der Waals surface area contributed by atoms with Gasteiger partial charge >= 0.3 is 18.1 Å². The standard InChI is InChI=1S/C21H17F3N2O3S.C20H18N2O3S/c1-12-4-2-3-5-15(12)16(10-18(27)28)25-19(29)17-11-30-20(26-17)13-6-8-14(9-7-13)21(22,23)24;1-13-7-5-6-10-15(13)20-22-17(12-26-20)19(25)21-16(11-18(23)24)14-8-3-2-4-9-14/h2-9,11,16H,10H2,1H3,(H,25,29)(H,27,28);2-10,12,16H,11H2,1H3,(H,21,25)(H,23,24)/t2*16-/m00/s1. The van der Waals surface area contributed by atoms with E-state index in [4.69, 9.17) is 5.11 Å². The van der Waals surface area contributed by atoms with Gasteiger partial charge in [0.2, 0.25) is 0 Å². The van der Waals surface area contributed by atoms with E-state index in [2.05, 4.69) is 20.6 Å². The number of aryl methyl sites for hydroxylation is 2. The van der Waals surface area contributed by atoms with Crippen LogP contribution in [0.3, 0.4) is 0 Å². The minimum Gasteiger partial charge on any atom is -0.481 e. The lowest BCUT2D eigenvalue weighted by atomic mass is 9.98.